The van der Waals surface area contributed by atoms with Crippen LogP contribution in [0.2, 0.25) is 5.02 Å². The van der Waals surface area contributed by atoms with Crippen LogP contribution in [0, 0.1) is 11.3 Å². The Morgan fingerprint density at radius 3 is 2.18 bits per heavy atom. The number of carbonyl (C=O) groups excluding carboxylic acids is 1. The number of hydrogen-bond donors (Lipinski definition) is 0. The summed E-state index contributed by atoms with van der Waals surface area (Å²) in [5, 5.41) is 9.13. The van der Waals surface area contributed by atoms with Gasteiger partial charge in [-0.1, -0.05) is 39.3 Å². The van der Waals surface area contributed by atoms with Crippen LogP contribution in [0.5, 0.6) is 0 Å². The molecule has 0 saturated carbocycles. The number of halogens is 4. The number of aromatic nitrogens is 2. The Balaban J connectivity index is 0.00000260. The van der Waals surface area contributed by atoms with Crippen LogP contribution < -0.4 is 4.90 Å². The third-order valence-corrected chi connectivity index (χ3v) is 6.69. The van der Waals surface area contributed by atoms with E-state index in [2.05, 4.69) is 9.97 Å². The highest BCUT2D eigenvalue weighted by Crippen LogP contribution is 2.35. The molecule has 1 saturated heterocycles. The lowest BCUT2D eigenvalue weighted by molar-refractivity contribution is -0.137. The van der Waals surface area contributed by atoms with Gasteiger partial charge in [0.1, 0.15) is 6.07 Å². The van der Waals surface area contributed by atoms with E-state index in [1.807, 2.05) is 38.7 Å². The van der Waals surface area contributed by atoms with Gasteiger partial charge in [0.05, 0.1) is 29.6 Å². The topological polar surface area (TPSA) is 82.4 Å². The molecule has 1 aromatic carbocycles. The zero-order valence-electron chi connectivity index (χ0n) is 23.3. The van der Waals surface area contributed by atoms with Crippen molar-refractivity contribution in [3.05, 3.63) is 52.3 Å². The summed E-state index contributed by atoms with van der Waals surface area (Å²) < 4.78 is 45.9. The predicted molar refractivity (Wildman–Crippen MR) is 145 cm³/mol. The summed E-state index contributed by atoms with van der Waals surface area (Å²) in [6, 6.07) is 4.99. The van der Waals surface area contributed by atoms with Gasteiger partial charge in [0.15, 0.2) is 0 Å². The van der Waals surface area contributed by atoms with Crippen molar-refractivity contribution in [1.82, 2.24) is 14.9 Å². The molecule has 39 heavy (non-hydrogen) atoms. The first-order valence-electron chi connectivity index (χ1n) is 13.3. The fraction of sp³-hybridized carbons (Fsp3) is 0.571. The van der Waals surface area contributed by atoms with Crippen LogP contribution in [0.15, 0.2) is 30.6 Å². The lowest BCUT2D eigenvalue weighted by atomic mass is 9.87. The molecule has 3 atom stereocenters. The van der Waals surface area contributed by atoms with Gasteiger partial charge in [0.2, 0.25) is 5.95 Å². The van der Waals surface area contributed by atoms with Crippen molar-refractivity contribution in [2.24, 2.45) is 0 Å². The average molecular weight is 568 g/mol. The summed E-state index contributed by atoms with van der Waals surface area (Å²) >= 11 is 6.05. The van der Waals surface area contributed by atoms with E-state index >= 15 is 0 Å². The number of hydrogen-bond acceptors (Lipinski definition) is 6. The summed E-state index contributed by atoms with van der Waals surface area (Å²) in [6.45, 7) is 11.7. The lowest BCUT2D eigenvalue weighted by Gasteiger charge is -2.47. The molecule has 7 nitrogen and oxygen atoms in total. The van der Waals surface area contributed by atoms with Crippen LogP contribution in [0.25, 0.3) is 0 Å². The van der Waals surface area contributed by atoms with Crippen molar-refractivity contribution >= 4 is 23.6 Å². The van der Waals surface area contributed by atoms with E-state index in [-0.39, 0.29) is 47.5 Å². The standard InChI is InChI=1S/C26H31ClF3N5O2.C2H6/c1-5-21-10-23(11-22(6-2)35(21)25(36)37-16(3)4)34(24-32-13-18(12-31)14-33-24)15-17-7-19(26(28,29)30)9-20(27)8-17;1-2/h7-9,13-14,16,21-23H,5-6,10-11,15H2,1-4H3;1-2H3/t21-,22?,23?;/m1./s1. The normalized spacial score (nSPS) is 19.1. The van der Waals surface area contributed by atoms with Gasteiger partial charge in [-0.3, -0.25) is 0 Å². The van der Waals surface area contributed by atoms with Crippen LogP contribution in [0.4, 0.5) is 23.9 Å². The van der Waals surface area contributed by atoms with E-state index < -0.39 is 11.7 Å². The minimum atomic E-state index is -4.54. The fourth-order valence-electron chi connectivity index (χ4n) is 4.78. The van der Waals surface area contributed by atoms with Gasteiger partial charge in [0, 0.05) is 29.7 Å². The van der Waals surface area contributed by atoms with Crippen LogP contribution in [0.1, 0.15) is 83.9 Å². The quantitative estimate of drug-likeness (QED) is 0.342. The van der Waals surface area contributed by atoms with E-state index in [0.717, 1.165) is 12.1 Å². The van der Waals surface area contributed by atoms with E-state index in [9.17, 15) is 18.0 Å². The van der Waals surface area contributed by atoms with E-state index in [1.165, 1.54) is 18.5 Å². The first-order chi connectivity index (χ1) is 18.5. The molecule has 1 aliphatic heterocycles. The number of amides is 1. The highest BCUT2D eigenvalue weighted by atomic mass is 35.5. The fourth-order valence-corrected chi connectivity index (χ4v) is 5.04. The number of ether oxygens (including phenoxy) is 1. The summed E-state index contributed by atoms with van der Waals surface area (Å²) in [5.41, 5.74) is -0.203. The molecule has 1 fully saturated rings. The Morgan fingerprint density at radius 1 is 1.15 bits per heavy atom. The van der Waals surface area contributed by atoms with Crippen LogP contribution in [0.3, 0.4) is 0 Å². The molecule has 1 aromatic heterocycles. The van der Waals surface area contributed by atoms with E-state index in [4.69, 9.17) is 21.6 Å². The molecular formula is C28H37ClF3N5O2. The zero-order chi connectivity index (χ0) is 29.3. The molecule has 3 rings (SSSR count). The Morgan fingerprint density at radius 2 is 1.72 bits per heavy atom. The maximum Gasteiger partial charge on any atom is 0.416 e. The van der Waals surface area contributed by atoms with Crippen molar-refractivity contribution in [2.45, 2.75) is 104 Å². The minimum Gasteiger partial charge on any atom is -0.447 e. The first-order valence-corrected chi connectivity index (χ1v) is 13.7. The number of carbonyl (C=O) groups is 1. The molecule has 2 heterocycles. The second-order valence-electron chi connectivity index (χ2n) is 9.45. The largest absolute Gasteiger partial charge is 0.447 e. The van der Waals surface area contributed by atoms with Crippen molar-refractivity contribution < 1.29 is 22.7 Å². The third kappa shape index (κ3) is 8.46. The number of piperidine rings is 1. The first kappa shape index (κ1) is 32.2. The third-order valence-electron chi connectivity index (χ3n) is 6.47. The molecule has 0 bridgehead atoms. The number of anilines is 1. The van der Waals surface area contributed by atoms with Gasteiger partial charge in [-0.05, 0) is 63.3 Å². The SMILES string of the molecule is CC.CCC1CC(N(Cc2cc(Cl)cc(C(F)(F)F)c2)c2ncc(C#N)cn2)C[C@@H](CC)N1C(=O)OC(C)C. The van der Waals surface area contributed by atoms with Crippen LogP contribution in [-0.4, -0.2) is 45.2 Å². The Labute approximate surface area is 233 Å². The number of rotatable bonds is 7. The van der Waals surface area contributed by atoms with Crippen molar-refractivity contribution in [1.29, 1.82) is 5.26 Å². The maximum atomic E-state index is 13.5. The average Bonchev–Trinajstić information content (AvgIpc) is 2.91. The number of nitrogens with zero attached hydrogens (tertiary/aromatic N) is 5. The molecule has 214 valence electrons. The lowest BCUT2D eigenvalue weighted by Crippen LogP contribution is -2.57. The summed E-state index contributed by atoms with van der Waals surface area (Å²) in [6.07, 6.45) is 0.0727. The maximum absolute atomic E-state index is 13.5. The highest BCUT2D eigenvalue weighted by molar-refractivity contribution is 6.30. The second-order valence-corrected chi connectivity index (χ2v) is 9.88. The summed E-state index contributed by atoms with van der Waals surface area (Å²) in [7, 11) is 0. The second kappa shape index (κ2) is 14.4. The predicted octanol–water partition coefficient (Wildman–Crippen LogP) is 7.62. The van der Waals surface area contributed by atoms with Gasteiger partial charge in [0.25, 0.3) is 0 Å². The Kier molecular flexibility index (Phi) is 11.8. The molecule has 0 radical (unpaired) electrons. The van der Waals surface area contributed by atoms with Crippen molar-refractivity contribution in [3.63, 3.8) is 0 Å². The molecule has 1 amide bonds. The number of alkyl halides is 3. The van der Waals surface area contributed by atoms with E-state index in [1.54, 1.807) is 18.7 Å². The molecule has 2 aromatic rings. The molecular weight excluding hydrogens is 531 g/mol. The smallest absolute Gasteiger partial charge is 0.416 e. The highest BCUT2D eigenvalue weighted by Gasteiger charge is 2.41. The summed E-state index contributed by atoms with van der Waals surface area (Å²) in [4.78, 5) is 25.3. The minimum absolute atomic E-state index is 0.0189. The van der Waals surface area contributed by atoms with Gasteiger partial charge in [-0.15, -0.1) is 0 Å². The molecule has 0 N–H and O–H groups in total. The molecule has 1 aliphatic rings. The van der Waals surface area contributed by atoms with E-state index in [0.29, 0.717) is 37.2 Å². The molecule has 0 spiro atoms. The van der Waals surface area contributed by atoms with Crippen molar-refractivity contribution in [2.75, 3.05) is 4.90 Å². The zero-order valence-corrected chi connectivity index (χ0v) is 24.1. The van der Waals surface area contributed by atoms with Gasteiger partial charge in [-0.25, -0.2) is 14.8 Å². The molecule has 0 aliphatic carbocycles. The monoisotopic (exact) mass is 567 g/mol. The van der Waals surface area contributed by atoms with Crippen LogP contribution >= 0.6 is 11.6 Å². The van der Waals surface area contributed by atoms with Gasteiger partial charge in [-0.2, -0.15) is 18.4 Å². The Hall–Kier alpha value is -3.06. The molecule has 11 heteroatoms. The number of likely N-dealkylation sites (tertiary alicyclic amines) is 1. The van der Waals surface area contributed by atoms with Crippen molar-refractivity contribution in [3.8, 4) is 6.07 Å². The van der Waals surface area contributed by atoms with Gasteiger partial charge < -0.3 is 14.5 Å². The number of nitriles is 1. The van der Waals surface area contributed by atoms with Crippen LogP contribution in [-0.2, 0) is 17.5 Å². The number of benzene rings is 1. The molecule has 2 unspecified atom stereocenters. The van der Waals surface area contributed by atoms with Gasteiger partial charge >= 0.3 is 12.3 Å². The Bertz CT molecular complexity index is 1110. The summed E-state index contributed by atoms with van der Waals surface area (Å²) in [5.74, 6) is 0.292.